The highest BCUT2D eigenvalue weighted by Crippen LogP contribution is 2.25. The average Bonchev–Trinajstić information content (AvgIpc) is 2.69. The molecule has 1 saturated heterocycles. The molecule has 1 amide bonds. The quantitative estimate of drug-likeness (QED) is 0.874. The molecule has 1 aromatic carbocycles. The molecule has 138 valence electrons. The van der Waals surface area contributed by atoms with Gasteiger partial charge in [0.2, 0.25) is 15.9 Å². The molecule has 7 heteroatoms. The average molecular weight is 373 g/mol. The van der Waals surface area contributed by atoms with Crippen LogP contribution in [0.25, 0.3) is 0 Å². The first-order valence-corrected chi connectivity index (χ1v) is 10.3. The van der Waals surface area contributed by atoms with Gasteiger partial charge >= 0.3 is 0 Å². The second-order valence-corrected chi connectivity index (χ2v) is 8.30. The van der Waals surface area contributed by atoms with Crippen molar-refractivity contribution in [2.24, 2.45) is 5.92 Å². The molecule has 0 atom stereocenters. The Morgan fingerprint density at radius 2 is 1.92 bits per heavy atom. The summed E-state index contributed by atoms with van der Waals surface area (Å²) < 4.78 is 26.7. The van der Waals surface area contributed by atoms with E-state index >= 15 is 0 Å². The predicted molar refractivity (Wildman–Crippen MR) is 100 cm³/mol. The van der Waals surface area contributed by atoms with Gasteiger partial charge in [0.1, 0.15) is 4.90 Å². The minimum absolute atomic E-state index is 0.0377. The topological polar surface area (TPSA) is 79.4 Å². The summed E-state index contributed by atoms with van der Waals surface area (Å²) in [6.45, 7) is 2.72. The zero-order valence-electron chi connectivity index (χ0n) is 14.8. The molecule has 1 aliphatic heterocycles. The molecule has 1 aromatic heterocycles. The van der Waals surface area contributed by atoms with Gasteiger partial charge in [-0.25, -0.2) is 8.42 Å². The molecular formula is C19H23N3O3S. The number of hydrogen-bond donors (Lipinski definition) is 1. The third-order valence-electron chi connectivity index (χ3n) is 4.75. The van der Waals surface area contributed by atoms with Crippen molar-refractivity contribution in [3.63, 3.8) is 0 Å². The molecule has 1 aliphatic rings. The Labute approximate surface area is 154 Å². The third kappa shape index (κ3) is 3.94. The van der Waals surface area contributed by atoms with E-state index in [9.17, 15) is 13.2 Å². The van der Waals surface area contributed by atoms with E-state index < -0.39 is 10.0 Å². The van der Waals surface area contributed by atoms with Gasteiger partial charge in [0, 0.05) is 37.1 Å². The van der Waals surface area contributed by atoms with Crippen molar-refractivity contribution in [1.82, 2.24) is 9.29 Å². The van der Waals surface area contributed by atoms with Gasteiger partial charge < -0.3 is 5.32 Å². The fraction of sp³-hybridized carbons (Fsp3) is 0.368. The van der Waals surface area contributed by atoms with Crippen molar-refractivity contribution in [3.05, 3.63) is 54.4 Å². The first kappa shape index (κ1) is 18.5. The van der Waals surface area contributed by atoms with Gasteiger partial charge in [-0.2, -0.15) is 4.31 Å². The summed E-state index contributed by atoms with van der Waals surface area (Å²) >= 11 is 0. The largest absolute Gasteiger partial charge is 0.326 e. The number of hydrogen-bond acceptors (Lipinski definition) is 4. The lowest BCUT2D eigenvalue weighted by atomic mass is 9.97. The maximum atomic E-state index is 12.6. The molecule has 2 aromatic rings. The SMILES string of the molecule is CCc1ccccc1NC(=O)C1CCN(S(=O)(=O)c2cccnc2)CC1. The van der Waals surface area contributed by atoms with Crippen LogP contribution in [0, 0.1) is 5.92 Å². The van der Waals surface area contributed by atoms with Crippen LogP contribution in [0.4, 0.5) is 5.69 Å². The molecule has 0 bridgehead atoms. The van der Waals surface area contributed by atoms with Crippen LogP contribution < -0.4 is 5.32 Å². The maximum absolute atomic E-state index is 12.6. The molecule has 3 rings (SSSR count). The molecule has 0 radical (unpaired) electrons. The molecule has 6 nitrogen and oxygen atoms in total. The minimum Gasteiger partial charge on any atom is -0.326 e. The monoisotopic (exact) mass is 373 g/mol. The summed E-state index contributed by atoms with van der Waals surface area (Å²) in [4.78, 5) is 16.6. The van der Waals surface area contributed by atoms with Crippen LogP contribution in [0.15, 0.2) is 53.7 Å². The number of amides is 1. The molecular weight excluding hydrogens is 350 g/mol. The molecule has 1 fully saturated rings. The Hall–Kier alpha value is -2.25. The number of aryl methyl sites for hydroxylation is 1. The van der Waals surface area contributed by atoms with E-state index in [0.717, 1.165) is 17.7 Å². The zero-order chi connectivity index (χ0) is 18.6. The van der Waals surface area contributed by atoms with Gasteiger partial charge in [-0.05, 0) is 43.0 Å². The third-order valence-corrected chi connectivity index (χ3v) is 6.64. The van der Waals surface area contributed by atoms with Gasteiger partial charge in [-0.1, -0.05) is 25.1 Å². The Morgan fingerprint density at radius 3 is 2.58 bits per heavy atom. The highest BCUT2D eigenvalue weighted by molar-refractivity contribution is 7.89. The van der Waals surface area contributed by atoms with Gasteiger partial charge in [-0.3, -0.25) is 9.78 Å². The minimum atomic E-state index is -3.54. The maximum Gasteiger partial charge on any atom is 0.244 e. The first-order chi connectivity index (χ1) is 12.5. The van der Waals surface area contributed by atoms with E-state index in [4.69, 9.17) is 0 Å². The lowest BCUT2D eigenvalue weighted by Gasteiger charge is -2.30. The number of rotatable bonds is 5. The van der Waals surface area contributed by atoms with Crippen LogP contribution in [0.1, 0.15) is 25.3 Å². The van der Waals surface area contributed by atoms with Gasteiger partial charge in [-0.15, -0.1) is 0 Å². The normalized spacial score (nSPS) is 16.3. The number of aromatic nitrogens is 1. The number of piperidine rings is 1. The molecule has 0 aliphatic carbocycles. The number of carbonyl (C=O) groups excluding carboxylic acids is 1. The Kier molecular flexibility index (Phi) is 5.68. The van der Waals surface area contributed by atoms with Crippen molar-refractivity contribution < 1.29 is 13.2 Å². The Balaban J connectivity index is 1.62. The van der Waals surface area contributed by atoms with Crippen molar-refractivity contribution in [3.8, 4) is 0 Å². The van der Waals surface area contributed by atoms with Crippen molar-refractivity contribution >= 4 is 21.6 Å². The van der Waals surface area contributed by atoms with Crippen LogP contribution >= 0.6 is 0 Å². The highest BCUT2D eigenvalue weighted by Gasteiger charge is 2.32. The van der Waals surface area contributed by atoms with Crippen LogP contribution in [-0.2, 0) is 21.2 Å². The molecule has 0 spiro atoms. The van der Waals surface area contributed by atoms with E-state index in [0.29, 0.717) is 25.9 Å². The summed E-state index contributed by atoms with van der Waals surface area (Å²) in [5.74, 6) is -0.218. The number of nitrogens with zero attached hydrogens (tertiary/aromatic N) is 2. The molecule has 2 heterocycles. The van der Waals surface area contributed by atoms with E-state index in [2.05, 4.69) is 10.3 Å². The fourth-order valence-corrected chi connectivity index (χ4v) is 4.63. The highest BCUT2D eigenvalue weighted by atomic mass is 32.2. The number of nitrogens with one attached hydrogen (secondary N) is 1. The Morgan fingerprint density at radius 1 is 1.19 bits per heavy atom. The van der Waals surface area contributed by atoms with Gasteiger partial charge in [0.15, 0.2) is 0 Å². The summed E-state index contributed by atoms with van der Waals surface area (Å²) in [6.07, 6.45) is 4.77. The fourth-order valence-electron chi connectivity index (χ4n) is 3.19. The van der Waals surface area contributed by atoms with Crippen LogP contribution in [0.2, 0.25) is 0 Å². The summed E-state index contributed by atoms with van der Waals surface area (Å²) in [5.41, 5.74) is 1.93. The Bertz CT molecular complexity index is 861. The molecule has 0 unspecified atom stereocenters. The molecule has 0 saturated carbocycles. The lowest BCUT2D eigenvalue weighted by Crippen LogP contribution is -2.41. The van der Waals surface area contributed by atoms with Gasteiger partial charge in [0.05, 0.1) is 0 Å². The first-order valence-electron chi connectivity index (χ1n) is 8.81. The van der Waals surface area contributed by atoms with Crippen molar-refractivity contribution in [1.29, 1.82) is 0 Å². The summed E-state index contributed by atoms with van der Waals surface area (Å²) in [5, 5.41) is 3.00. The van der Waals surface area contributed by atoms with E-state index in [1.807, 2.05) is 31.2 Å². The number of para-hydroxylation sites is 1. The number of anilines is 1. The van der Waals surface area contributed by atoms with E-state index in [-0.39, 0.29) is 16.7 Å². The van der Waals surface area contributed by atoms with Crippen molar-refractivity contribution in [2.45, 2.75) is 31.1 Å². The van der Waals surface area contributed by atoms with Crippen molar-refractivity contribution in [2.75, 3.05) is 18.4 Å². The lowest BCUT2D eigenvalue weighted by molar-refractivity contribution is -0.120. The van der Waals surface area contributed by atoms with Gasteiger partial charge in [0.25, 0.3) is 0 Å². The van der Waals surface area contributed by atoms with E-state index in [1.165, 1.54) is 10.5 Å². The van der Waals surface area contributed by atoms with Crippen LogP contribution in [0.5, 0.6) is 0 Å². The standard InChI is InChI=1S/C19H23N3O3S/c1-2-15-6-3-4-8-18(15)21-19(23)16-9-12-22(13-10-16)26(24,25)17-7-5-11-20-14-17/h3-8,11,14,16H,2,9-10,12-13H2,1H3,(H,21,23). The second kappa shape index (κ2) is 7.97. The molecule has 26 heavy (non-hydrogen) atoms. The second-order valence-electron chi connectivity index (χ2n) is 6.37. The van der Waals surface area contributed by atoms with E-state index in [1.54, 1.807) is 18.3 Å². The summed E-state index contributed by atoms with van der Waals surface area (Å²) in [6, 6.07) is 10.9. The predicted octanol–water partition coefficient (Wildman–Crippen LogP) is 2.68. The van der Waals surface area contributed by atoms with Crippen LogP contribution in [-0.4, -0.2) is 36.7 Å². The number of carbonyl (C=O) groups is 1. The number of sulfonamides is 1. The number of pyridine rings is 1. The van der Waals surface area contributed by atoms with Crippen LogP contribution in [0.3, 0.4) is 0 Å². The molecule has 1 N–H and O–H groups in total. The summed E-state index contributed by atoms with van der Waals surface area (Å²) in [7, 11) is -3.54. The zero-order valence-corrected chi connectivity index (χ0v) is 15.6. The number of benzene rings is 1. The smallest absolute Gasteiger partial charge is 0.244 e.